The Morgan fingerprint density at radius 1 is 1.22 bits per heavy atom. The lowest BCUT2D eigenvalue weighted by Gasteiger charge is -2.17. The molecule has 18 heavy (non-hydrogen) atoms. The summed E-state index contributed by atoms with van der Waals surface area (Å²) in [6, 6.07) is 13.1. The van der Waals surface area contributed by atoms with Crippen LogP contribution in [0.5, 0.6) is 0 Å². The minimum Gasteiger partial charge on any atom is -0.394 e. The van der Waals surface area contributed by atoms with Crippen LogP contribution in [0.2, 0.25) is 0 Å². The van der Waals surface area contributed by atoms with Crippen LogP contribution < -0.4 is 10.9 Å². The van der Waals surface area contributed by atoms with Gasteiger partial charge >= 0.3 is 0 Å². The quantitative estimate of drug-likeness (QED) is 0.744. The van der Waals surface area contributed by atoms with Crippen molar-refractivity contribution >= 4 is 5.69 Å². The molecule has 0 fully saturated rings. The molecule has 0 bridgehead atoms. The molecule has 0 amide bonds. The minimum absolute atomic E-state index is 0.0156. The number of H-pyrrole nitrogens is 1. The number of aliphatic hydroxyl groups is 1. The number of aromatic nitrogens is 1. The summed E-state index contributed by atoms with van der Waals surface area (Å²) in [4.78, 5) is 13.7. The third kappa shape index (κ3) is 3.46. The molecule has 0 aliphatic rings. The molecule has 4 heteroatoms. The zero-order valence-electron chi connectivity index (χ0n) is 9.97. The first-order valence-corrected chi connectivity index (χ1v) is 5.88. The van der Waals surface area contributed by atoms with E-state index in [1.54, 1.807) is 12.3 Å². The Morgan fingerprint density at radius 2 is 2.00 bits per heavy atom. The smallest absolute Gasteiger partial charge is 0.249 e. The molecule has 1 atom stereocenters. The Balaban J connectivity index is 2.04. The average Bonchev–Trinajstić information content (AvgIpc) is 2.39. The molecule has 2 aromatic rings. The van der Waals surface area contributed by atoms with Crippen LogP contribution in [-0.4, -0.2) is 22.7 Å². The van der Waals surface area contributed by atoms with E-state index in [1.165, 1.54) is 6.07 Å². The highest BCUT2D eigenvalue weighted by Gasteiger charge is 2.08. The summed E-state index contributed by atoms with van der Waals surface area (Å²) in [5, 5.41) is 12.5. The first-order valence-electron chi connectivity index (χ1n) is 5.88. The minimum atomic E-state index is -0.156. The van der Waals surface area contributed by atoms with E-state index in [-0.39, 0.29) is 18.2 Å². The molecule has 0 aliphatic carbocycles. The molecule has 2 rings (SSSR count). The Kier molecular flexibility index (Phi) is 4.15. The summed E-state index contributed by atoms with van der Waals surface area (Å²) in [6.45, 7) is 0.0156. The molecule has 1 aromatic heterocycles. The van der Waals surface area contributed by atoms with Gasteiger partial charge in [0.25, 0.3) is 0 Å². The third-order valence-corrected chi connectivity index (χ3v) is 2.69. The maximum atomic E-state index is 11.2. The second-order valence-electron chi connectivity index (χ2n) is 4.16. The maximum absolute atomic E-state index is 11.2. The monoisotopic (exact) mass is 244 g/mol. The van der Waals surface area contributed by atoms with Crippen LogP contribution in [0.25, 0.3) is 0 Å². The van der Waals surface area contributed by atoms with Gasteiger partial charge in [0, 0.05) is 18.0 Å². The van der Waals surface area contributed by atoms with Gasteiger partial charge in [0.05, 0.1) is 12.6 Å². The SMILES string of the molecule is O=c1cc(NC(CO)Cc2ccccc2)cc[nH]1. The van der Waals surface area contributed by atoms with Gasteiger partial charge in [-0.2, -0.15) is 0 Å². The molecule has 1 unspecified atom stereocenters. The van der Waals surface area contributed by atoms with E-state index in [4.69, 9.17) is 0 Å². The van der Waals surface area contributed by atoms with Gasteiger partial charge in [0.2, 0.25) is 5.56 Å². The number of benzene rings is 1. The highest BCUT2D eigenvalue weighted by molar-refractivity contribution is 5.42. The van der Waals surface area contributed by atoms with Crippen LogP contribution in [0.1, 0.15) is 5.56 Å². The van der Waals surface area contributed by atoms with Crippen LogP contribution >= 0.6 is 0 Å². The molecule has 0 saturated carbocycles. The number of nitrogens with one attached hydrogen (secondary N) is 2. The summed E-state index contributed by atoms with van der Waals surface area (Å²) < 4.78 is 0. The van der Waals surface area contributed by atoms with Crippen LogP contribution in [0.15, 0.2) is 53.5 Å². The third-order valence-electron chi connectivity index (χ3n) is 2.69. The van der Waals surface area contributed by atoms with E-state index < -0.39 is 0 Å². The number of hydrogen-bond donors (Lipinski definition) is 3. The Labute approximate surface area is 105 Å². The largest absolute Gasteiger partial charge is 0.394 e. The number of hydrogen-bond acceptors (Lipinski definition) is 3. The van der Waals surface area contributed by atoms with Crippen LogP contribution in [0.3, 0.4) is 0 Å². The first kappa shape index (κ1) is 12.4. The second kappa shape index (κ2) is 6.02. The molecular formula is C14H16N2O2. The Hall–Kier alpha value is -2.07. The summed E-state index contributed by atoms with van der Waals surface area (Å²) in [5.41, 5.74) is 1.71. The van der Waals surface area contributed by atoms with E-state index in [0.717, 1.165) is 5.56 Å². The molecule has 94 valence electrons. The van der Waals surface area contributed by atoms with Crippen molar-refractivity contribution in [2.24, 2.45) is 0 Å². The molecule has 0 spiro atoms. The molecular weight excluding hydrogens is 228 g/mol. The van der Waals surface area contributed by atoms with Gasteiger partial charge in [-0.05, 0) is 18.1 Å². The summed E-state index contributed by atoms with van der Waals surface area (Å²) in [6.07, 6.45) is 2.30. The normalized spacial score (nSPS) is 12.1. The highest BCUT2D eigenvalue weighted by Crippen LogP contribution is 2.08. The predicted octanol–water partition coefficient (Wildman–Crippen LogP) is 1.39. The highest BCUT2D eigenvalue weighted by atomic mass is 16.3. The number of aromatic amines is 1. The van der Waals surface area contributed by atoms with E-state index in [2.05, 4.69) is 10.3 Å². The molecule has 0 saturated heterocycles. The summed E-state index contributed by atoms with van der Waals surface area (Å²) >= 11 is 0. The lowest BCUT2D eigenvalue weighted by Crippen LogP contribution is -2.26. The van der Waals surface area contributed by atoms with E-state index in [0.29, 0.717) is 12.1 Å². The standard InChI is InChI=1S/C14H16N2O2/c17-10-13(8-11-4-2-1-3-5-11)16-12-6-7-15-14(18)9-12/h1-7,9,13,17H,8,10H2,(H2,15,16,18). The molecule has 0 radical (unpaired) electrons. The van der Waals surface area contributed by atoms with Crippen molar-refractivity contribution in [3.05, 3.63) is 64.6 Å². The molecule has 3 N–H and O–H groups in total. The fraction of sp³-hybridized carbons (Fsp3) is 0.214. The molecule has 4 nitrogen and oxygen atoms in total. The fourth-order valence-electron chi connectivity index (χ4n) is 1.83. The first-order chi connectivity index (χ1) is 8.78. The van der Waals surface area contributed by atoms with Crippen molar-refractivity contribution in [3.8, 4) is 0 Å². The zero-order valence-corrected chi connectivity index (χ0v) is 9.97. The maximum Gasteiger partial charge on any atom is 0.249 e. The van der Waals surface area contributed by atoms with E-state index in [9.17, 15) is 9.90 Å². The van der Waals surface area contributed by atoms with Gasteiger partial charge in [-0.25, -0.2) is 0 Å². The molecule has 1 heterocycles. The molecule has 1 aromatic carbocycles. The Morgan fingerprint density at radius 3 is 2.67 bits per heavy atom. The van der Waals surface area contributed by atoms with Gasteiger partial charge in [-0.1, -0.05) is 30.3 Å². The summed E-state index contributed by atoms with van der Waals surface area (Å²) in [5.74, 6) is 0. The van der Waals surface area contributed by atoms with Gasteiger partial charge in [-0.3, -0.25) is 4.79 Å². The average molecular weight is 244 g/mol. The van der Waals surface area contributed by atoms with Crippen molar-refractivity contribution in [3.63, 3.8) is 0 Å². The second-order valence-corrected chi connectivity index (χ2v) is 4.16. The number of pyridine rings is 1. The predicted molar refractivity (Wildman–Crippen MR) is 71.7 cm³/mol. The number of rotatable bonds is 5. The van der Waals surface area contributed by atoms with E-state index in [1.807, 2.05) is 30.3 Å². The summed E-state index contributed by atoms with van der Waals surface area (Å²) in [7, 11) is 0. The van der Waals surface area contributed by atoms with Crippen molar-refractivity contribution in [2.45, 2.75) is 12.5 Å². The lowest BCUT2D eigenvalue weighted by atomic mass is 10.1. The topological polar surface area (TPSA) is 65.1 Å². The Bertz CT molecular complexity index is 537. The van der Waals surface area contributed by atoms with Gasteiger partial charge in [0.1, 0.15) is 0 Å². The number of anilines is 1. The van der Waals surface area contributed by atoms with Gasteiger partial charge < -0.3 is 15.4 Å². The fourth-order valence-corrected chi connectivity index (χ4v) is 1.83. The van der Waals surface area contributed by atoms with E-state index >= 15 is 0 Å². The van der Waals surface area contributed by atoms with Crippen molar-refractivity contribution in [1.29, 1.82) is 0 Å². The van der Waals surface area contributed by atoms with Gasteiger partial charge in [-0.15, -0.1) is 0 Å². The lowest BCUT2D eigenvalue weighted by molar-refractivity contribution is 0.273. The van der Waals surface area contributed by atoms with Crippen LogP contribution in [0, 0.1) is 0 Å². The van der Waals surface area contributed by atoms with Crippen LogP contribution in [-0.2, 0) is 6.42 Å². The van der Waals surface area contributed by atoms with Gasteiger partial charge in [0.15, 0.2) is 0 Å². The number of aliphatic hydroxyl groups excluding tert-OH is 1. The van der Waals surface area contributed by atoms with Crippen molar-refractivity contribution in [1.82, 2.24) is 4.98 Å². The van der Waals surface area contributed by atoms with Crippen LogP contribution in [0.4, 0.5) is 5.69 Å². The molecule has 0 aliphatic heterocycles. The van der Waals surface area contributed by atoms with Crippen molar-refractivity contribution in [2.75, 3.05) is 11.9 Å². The van der Waals surface area contributed by atoms with Crippen molar-refractivity contribution < 1.29 is 5.11 Å². The zero-order chi connectivity index (χ0) is 12.8.